The molecule has 1 saturated carbocycles. The predicted molar refractivity (Wildman–Crippen MR) is 203 cm³/mol. The Kier molecular flexibility index (Phi) is 11.8. The van der Waals surface area contributed by atoms with Crippen molar-refractivity contribution in [3.63, 3.8) is 0 Å². The molecule has 3 aromatic carbocycles. The van der Waals surface area contributed by atoms with Crippen LogP contribution in [0.4, 0.5) is 0 Å². The largest absolute Gasteiger partial charge is 0.469 e. The van der Waals surface area contributed by atoms with Crippen LogP contribution < -0.4 is 0 Å². The number of rotatable bonds is 15. The third-order valence-corrected chi connectivity index (χ3v) is 11.9. The number of ether oxygens (including phenoxy) is 3. The number of fused-ring (bicyclic) bond motifs is 1. The van der Waals surface area contributed by atoms with E-state index in [-0.39, 0.29) is 17.7 Å². The maximum atomic E-state index is 12.0. The predicted octanol–water partition coefficient (Wildman–Crippen LogP) is 11.0. The van der Waals surface area contributed by atoms with Gasteiger partial charge in [-0.25, -0.2) is 4.98 Å². The van der Waals surface area contributed by atoms with Crippen molar-refractivity contribution in [2.24, 2.45) is 5.41 Å². The van der Waals surface area contributed by atoms with E-state index in [9.17, 15) is 4.79 Å². The minimum atomic E-state index is -0.458. The lowest BCUT2D eigenvalue weighted by Gasteiger charge is -2.34. The fraction of sp³-hybridized carbons (Fsp3) is 0.429. The van der Waals surface area contributed by atoms with Gasteiger partial charge in [0, 0.05) is 28.7 Å². The van der Waals surface area contributed by atoms with Crippen LogP contribution in [0.15, 0.2) is 78.9 Å². The molecule has 7 heteroatoms. The van der Waals surface area contributed by atoms with Crippen LogP contribution in [0.5, 0.6) is 0 Å². The Balaban J connectivity index is 1.21. The molecule has 2 atom stereocenters. The molecule has 1 saturated heterocycles. The Morgan fingerprint density at radius 1 is 1.06 bits per heavy atom. The van der Waals surface area contributed by atoms with Crippen molar-refractivity contribution in [2.75, 3.05) is 19.5 Å². The first kappa shape index (κ1) is 35.7. The number of methoxy groups -OCH3 is 1. The summed E-state index contributed by atoms with van der Waals surface area (Å²) in [4.78, 5) is 16.8. The van der Waals surface area contributed by atoms with Crippen molar-refractivity contribution in [2.45, 2.75) is 88.8 Å². The SMILES string of the molecule is COC(=O)CCC1(CS[C@H](CCc2ccccc2C(C)(C)OC2CCCCO2)c2cccc(/C=C/c3ccc4ccc(Cl)cc4n3)c2)CC1. The number of benzene rings is 3. The molecule has 6 rings (SSSR count). The third-order valence-electron chi connectivity index (χ3n) is 9.95. The normalized spacial score (nSPS) is 18.1. The summed E-state index contributed by atoms with van der Waals surface area (Å²) < 4.78 is 17.5. The number of hydrogen-bond acceptors (Lipinski definition) is 6. The lowest BCUT2D eigenvalue weighted by molar-refractivity contribution is -0.219. The van der Waals surface area contributed by atoms with E-state index in [0.29, 0.717) is 16.7 Å². The average molecular weight is 698 g/mol. The molecule has 2 heterocycles. The van der Waals surface area contributed by atoms with E-state index >= 15 is 0 Å². The van der Waals surface area contributed by atoms with Crippen molar-refractivity contribution in [3.05, 3.63) is 112 Å². The maximum absolute atomic E-state index is 12.0. The average Bonchev–Trinajstić information content (AvgIpc) is 3.90. The highest BCUT2D eigenvalue weighted by atomic mass is 35.5. The highest BCUT2D eigenvalue weighted by Crippen LogP contribution is 2.54. The second-order valence-corrected chi connectivity index (χ2v) is 15.7. The molecule has 0 radical (unpaired) electrons. The van der Waals surface area contributed by atoms with Crippen LogP contribution in [0.2, 0.25) is 5.02 Å². The highest BCUT2D eigenvalue weighted by molar-refractivity contribution is 7.99. The molecule has 0 bridgehead atoms. The number of esters is 1. The van der Waals surface area contributed by atoms with Crippen LogP contribution >= 0.6 is 23.4 Å². The van der Waals surface area contributed by atoms with Gasteiger partial charge in [0.2, 0.25) is 0 Å². The number of thioether (sulfide) groups is 1. The van der Waals surface area contributed by atoms with Crippen LogP contribution in [-0.2, 0) is 31.0 Å². The Bertz CT molecular complexity index is 1760. The molecule has 49 heavy (non-hydrogen) atoms. The summed E-state index contributed by atoms with van der Waals surface area (Å²) in [5.74, 6) is 0.921. The summed E-state index contributed by atoms with van der Waals surface area (Å²) in [5, 5.41) is 2.05. The Morgan fingerprint density at radius 2 is 1.90 bits per heavy atom. The van der Waals surface area contributed by atoms with Crippen LogP contribution in [0.25, 0.3) is 23.1 Å². The van der Waals surface area contributed by atoms with Gasteiger partial charge in [-0.1, -0.05) is 78.3 Å². The molecule has 2 fully saturated rings. The van der Waals surface area contributed by atoms with Gasteiger partial charge >= 0.3 is 5.97 Å². The van der Waals surface area contributed by atoms with Gasteiger partial charge in [0.15, 0.2) is 6.29 Å². The minimum absolute atomic E-state index is 0.114. The molecule has 258 valence electrons. The molecule has 1 unspecified atom stereocenters. The first-order valence-electron chi connectivity index (χ1n) is 17.6. The lowest BCUT2D eigenvalue weighted by Crippen LogP contribution is -2.33. The number of aromatic nitrogens is 1. The molecule has 4 aromatic rings. The zero-order valence-corrected chi connectivity index (χ0v) is 30.5. The van der Waals surface area contributed by atoms with Gasteiger partial charge in [-0.3, -0.25) is 4.79 Å². The first-order valence-corrected chi connectivity index (χ1v) is 19.1. The lowest BCUT2D eigenvalue weighted by atomic mass is 9.89. The van der Waals surface area contributed by atoms with Crippen LogP contribution in [-0.4, -0.2) is 36.7 Å². The highest BCUT2D eigenvalue weighted by Gasteiger charge is 2.43. The number of carbonyl (C=O) groups is 1. The molecule has 1 aliphatic carbocycles. The standard InChI is InChI=1S/C42H48ClNO4S/c1-41(2,48-40-13-6-7-26-47-40)36-12-5-4-10-31(36)17-21-38(49-29-42(24-25-42)23-22-39(45)46-3)33-11-8-9-30(27-33)14-19-35-20-16-32-15-18-34(43)28-37(32)44-35/h4-5,8-12,14-16,18-20,27-28,38,40H,6-7,13,17,21-26,29H2,1-3H3/b19-14+/t38-,40?/m1/s1. The number of pyridine rings is 1. The minimum Gasteiger partial charge on any atom is -0.469 e. The fourth-order valence-corrected chi connectivity index (χ4v) is 8.57. The van der Waals surface area contributed by atoms with Gasteiger partial charge in [-0.2, -0.15) is 11.8 Å². The summed E-state index contributed by atoms with van der Waals surface area (Å²) in [7, 11) is 1.48. The first-order chi connectivity index (χ1) is 23.7. The smallest absolute Gasteiger partial charge is 0.305 e. The summed E-state index contributed by atoms with van der Waals surface area (Å²) in [6.45, 7) is 5.11. The number of halogens is 1. The van der Waals surface area contributed by atoms with Gasteiger partial charge < -0.3 is 14.2 Å². The fourth-order valence-electron chi connectivity index (χ4n) is 6.79. The van der Waals surface area contributed by atoms with Crippen LogP contribution in [0.1, 0.15) is 98.4 Å². The van der Waals surface area contributed by atoms with Gasteiger partial charge in [0.05, 0.1) is 23.9 Å². The second-order valence-electron chi connectivity index (χ2n) is 14.1. The van der Waals surface area contributed by atoms with Crippen molar-refractivity contribution >= 4 is 52.4 Å². The topological polar surface area (TPSA) is 57.7 Å². The van der Waals surface area contributed by atoms with Crippen LogP contribution in [0, 0.1) is 5.41 Å². The summed E-state index contributed by atoms with van der Waals surface area (Å²) in [6.07, 6.45) is 12.9. The van der Waals surface area contributed by atoms with E-state index in [2.05, 4.69) is 80.6 Å². The van der Waals surface area contributed by atoms with E-state index in [1.165, 1.54) is 36.6 Å². The van der Waals surface area contributed by atoms with E-state index in [1.807, 2.05) is 36.0 Å². The molecule has 0 amide bonds. The Hall–Kier alpha value is -3.16. The van der Waals surface area contributed by atoms with Gasteiger partial charge in [0.25, 0.3) is 0 Å². The monoisotopic (exact) mass is 697 g/mol. The second kappa shape index (κ2) is 16.2. The zero-order valence-electron chi connectivity index (χ0n) is 29.0. The van der Waals surface area contributed by atoms with E-state index in [1.54, 1.807) is 0 Å². The molecule has 2 aliphatic rings. The molecule has 1 aliphatic heterocycles. The van der Waals surface area contributed by atoms with Gasteiger partial charge in [-0.05, 0) is 123 Å². The summed E-state index contributed by atoms with van der Waals surface area (Å²) in [5.41, 5.74) is 6.56. The molecule has 5 nitrogen and oxygen atoms in total. The van der Waals surface area contributed by atoms with E-state index in [0.717, 1.165) is 73.0 Å². The summed E-state index contributed by atoms with van der Waals surface area (Å²) in [6, 6.07) is 27.5. The van der Waals surface area contributed by atoms with Crippen LogP contribution in [0.3, 0.4) is 0 Å². The Labute approximate surface area is 300 Å². The molecule has 0 spiro atoms. The number of nitrogens with zero attached hydrogens (tertiary/aromatic N) is 1. The van der Waals surface area contributed by atoms with Crippen molar-refractivity contribution in [3.8, 4) is 0 Å². The van der Waals surface area contributed by atoms with Gasteiger partial charge in [-0.15, -0.1) is 0 Å². The van der Waals surface area contributed by atoms with E-state index < -0.39 is 5.60 Å². The molecule has 0 N–H and O–H groups in total. The number of aryl methyl sites for hydroxylation is 1. The maximum Gasteiger partial charge on any atom is 0.305 e. The molecular formula is C42H48ClNO4S. The number of hydrogen-bond donors (Lipinski definition) is 0. The zero-order chi connectivity index (χ0) is 34.3. The van der Waals surface area contributed by atoms with Gasteiger partial charge in [0.1, 0.15) is 0 Å². The summed E-state index contributed by atoms with van der Waals surface area (Å²) >= 11 is 8.27. The molecular weight excluding hydrogens is 650 g/mol. The molecule has 1 aromatic heterocycles. The van der Waals surface area contributed by atoms with Crippen molar-refractivity contribution in [1.82, 2.24) is 4.98 Å². The quantitative estimate of drug-likeness (QED) is 0.115. The van der Waals surface area contributed by atoms with E-state index in [4.69, 9.17) is 30.8 Å². The number of carbonyl (C=O) groups excluding carboxylic acids is 1. The third kappa shape index (κ3) is 9.76. The Morgan fingerprint density at radius 3 is 2.69 bits per heavy atom. The van der Waals surface area contributed by atoms with Crippen molar-refractivity contribution in [1.29, 1.82) is 0 Å². The van der Waals surface area contributed by atoms with Crippen molar-refractivity contribution < 1.29 is 19.0 Å².